The van der Waals surface area contributed by atoms with Gasteiger partial charge < -0.3 is 15.0 Å². The maximum absolute atomic E-state index is 11.7. The third-order valence-electron chi connectivity index (χ3n) is 2.50. The Kier molecular flexibility index (Phi) is 6.29. The van der Waals surface area contributed by atoms with Gasteiger partial charge in [-0.15, -0.1) is 0 Å². The summed E-state index contributed by atoms with van der Waals surface area (Å²) < 4.78 is 5.61. The minimum Gasteiger partial charge on any atom is -0.493 e. The molecular formula is C14H23N3O2. The second kappa shape index (κ2) is 7.74. The van der Waals surface area contributed by atoms with Crippen LogP contribution < -0.4 is 10.1 Å². The van der Waals surface area contributed by atoms with Gasteiger partial charge in [-0.05, 0) is 19.0 Å². The van der Waals surface area contributed by atoms with Crippen molar-refractivity contribution in [3.8, 4) is 5.75 Å². The van der Waals surface area contributed by atoms with Crippen molar-refractivity contribution >= 4 is 5.91 Å². The van der Waals surface area contributed by atoms with E-state index in [1.165, 1.54) is 4.90 Å². The van der Waals surface area contributed by atoms with Gasteiger partial charge in [0.25, 0.3) is 5.91 Å². The van der Waals surface area contributed by atoms with Gasteiger partial charge in [0.1, 0.15) is 11.4 Å². The molecule has 0 unspecified atom stereocenters. The van der Waals surface area contributed by atoms with E-state index < -0.39 is 0 Å². The van der Waals surface area contributed by atoms with E-state index in [-0.39, 0.29) is 5.91 Å². The molecule has 0 aliphatic carbocycles. The van der Waals surface area contributed by atoms with Crippen molar-refractivity contribution in [1.29, 1.82) is 0 Å². The molecule has 0 aliphatic heterocycles. The van der Waals surface area contributed by atoms with Crippen LogP contribution in [0.15, 0.2) is 18.3 Å². The van der Waals surface area contributed by atoms with Gasteiger partial charge in [-0.25, -0.2) is 0 Å². The zero-order valence-electron chi connectivity index (χ0n) is 12.1. The fourth-order valence-electron chi connectivity index (χ4n) is 1.50. The Labute approximate surface area is 115 Å². The Bertz CT molecular complexity index is 405. The molecule has 0 aliphatic rings. The van der Waals surface area contributed by atoms with Crippen LogP contribution in [0.3, 0.4) is 0 Å². The highest BCUT2D eigenvalue weighted by atomic mass is 16.5. The van der Waals surface area contributed by atoms with Crippen LogP contribution in [-0.4, -0.2) is 49.1 Å². The van der Waals surface area contributed by atoms with Crippen molar-refractivity contribution in [2.45, 2.75) is 26.3 Å². The van der Waals surface area contributed by atoms with Crippen LogP contribution in [-0.2, 0) is 0 Å². The highest BCUT2D eigenvalue weighted by Crippen LogP contribution is 2.12. The average molecular weight is 265 g/mol. The van der Waals surface area contributed by atoms with Gasteiger partial charge in [0.05, 0.1) is 6.61 Å². The Morgan fingerprint density at radius 3 is 2.84 bits per heavy atom. The molecule has 0 fully saturated rings. The zero-order chi connectivity index (χ0) is 14.3. The summed E-state index contributed by atoms with van der Waals surface area (Å²) in [4.78, 5) is 17.3. The van der Waals surface area contributed by atoms with E-state index >= 15 is 0 Å². The fraction of sp³-hybridized carbons (Fsp3) is 0.571. The largest absolute Gasteiger partial charge is 0.493 e. The fourth-order valence-corrected chi connectivity index (χ4v) is 1.50. The predicted octanol–water partition coefficient (Wildman–Crippen LogP) is 1.55. The monoisotopic (exact) mass is 265 g/mol. The molecule has 1 aromatic rings. The summed E-state index contributed by atoms with van der Waals surface area (Å²) in [6, 6.07) is 3.94. The minimum absolute atomic E-state index is 0.119. The summed E-state index contributed by atoms with van der Waals surface area (Å²) in [5, 5.41) is 3.32. The van der Waals surface area contributed by atoms with Gasteiger partial charge in [-0.1, -0.05) is 13.8 Å². The molecule has 1 heterocycles. The van der Waals surface area contributed by atoms with Gasteiger partial charge in [0, 0.05) is 32.4 Å². The molecule has 0 spiro atoms. The lowest BCUT2D eigenvalue weighted by Gasteiger charge is -2.11. The zero-order valence-corrected chi connectivity index (χ0v) is 12.1. The quantitative estimate of drug-likeness (QED) is 0.760. The van der Waals surface area contributed by atoms with Crippen LogP contribution in [0.25, 0.3) is 0 Å². The van der Waals surface area contributed by atoms with E-state index in [4.69, 9.17) is 4.74 Å². The van der Waals surface area contributed by atoms with Crippen molar-refractivity contribution < 1.29 is 9.53 Å². The number of carbonyl (C=O) groups excluding carboxylic acids is 1. The van der Waals surface area contributed by atoms with E-state index in [0.29, 0.717) is 24.1 Å². The molecule has 0 radical (unpaired) electrons. The molecule has 1 amide bonds. The van der Waals surface area contributed by atoms with Crippen LogP contribution in [0.2, 0.25) is 0 Å². The highest BCUT2D eigenvalue weighted by molar-refractivity contribution is 5.92. The number of hydrogen-bond acceptors (Lipinski definition) is 4. The summed E-state index contributed by atoms with van der Waals surface area (Å²) in [5.41, 5.74) is 0.405. The Morgan fingerprint density at radius 1 is 1.47 bits per heavy atom. The molecule has 106 valence electrons. The molecule has 0 atom stereocenters. The van der Waals surface area contributed by atoms with Gasteiger partial charge in [0.15, 0.2) is 0 Å². The summed E-state index contributed by atoms with van der Waals surface area (Å²) in [5.74, 6) is 0.566. The molecule has 0 bridgehead atoms. The number of nitrogens with one attached hydrogen (secondary N) is 1. The molecule has 0 aromatic carbocycles. The first kappa shape index (κ1) is 15.4. The SMILES string of the molecule is CC(C)NCCCOc1ccnc(C(=O)N(C)C)c1. The lowest BCUT2D eigenvalue weighted by atomic mass is 10.3. The molecule has 0 saturated carbocycles. The summed E-state index contributed by atoms with van der Waals surface area (Å²) in [6.45, 7) is 5.78. The van der Waals surface area contributed by atoms with E-state index in [1.807, 2.05) is 0 Å². The van der Waals surface area contributed by atoms with E-state index in [0.717, 1.165) is 13.0 Å². The topological polar surface area (TPSA) is 54.5 Å². The molecule has 5 heteroatoms. The Morgan fingerprint density at radius 2 is 2.21 bits per heavy atom. The Hall–Kier alpha value is -1.62. The number of hydrogen-bond donors (Lipinski definition) is 1. The molecule has 1 aromatic heterocycles. The first-order valence-electron chi connectivity index (χ1n) is 6.54. The number of carbonyl (C=O) groups is 1. The van der Waals surface area contributed by atoms with Crippen molar-refractivity contribution in [2.24, 2.45) is 0 Å². The molecule has 19 heavy (non-hydrogen) atoms. The van der Waals surface area contributed by atoms with Gasteiger partial charge >= 0.3 is 0 Å². The van der Waals surface area contributed by atoms with Crippen LogP contribution in [0, 0.1) is 0 Å². The number of rotatable bonds is 7. The van der Waals surface area contributed by atoms with Gasteiger partial charge in [-0.3, -0.25) is 9.78 Å². The molecule has 1 rings (SSSR count). The number of ether oxygens (including phenoxy) is 1. The third kappa shape index (κ3) is 5.70. The maximum Gasteiger partial charge on any atom is 0.272 e. The van der Waals surface area contributed by atoms with Crippen molar-refractivity contribution in [2.75, 3.05) is 27.2 Å². The molecule has 5 nitrogen and oxygen atoms in total. The van der Waals surface area contributed by atoms with Crippen LogP contribution in [0.1, 0.15) is 30.8 Å². The molecule has 1 N–H and O–H groups in total. The van der Waals surface area contributed by atoms with Gasteiger partial charge in [-0.2, -0.15) is 0 Å². The molecule has 0 saturated heterocycles. The van der Waals surface area contributed by atoms with Crippen LogP contribution >= 0.6 is 0 Å². The maximum atomic E-state index is 11.7. The normalized spacial score (nSPS) is 10.6. The number of nitrogens with zero attached hydrogens (tertiary/aromatic N) is 2. The second-order valence-electron chi connectivity index (χ2n) is 4.89. The van der Waals surface area contributed by atoms with Crippen molar-refractivity contribution in [3.05, 3.63) is 24.0 Å². The second-order valence-corrected chi connectivity index (χ2v) is 4.89. The smallest absolute Gasteiger partial charge is 0.272 e. The van der Waals surface area contributed by atoms with Crippen molar-refractivity contribution in [1.82, 2.24) is 15.2 Å². The standard InChI is InChI=1S/C14H23N3O2/c1-11(2)15-7-5-9-19-12-6-8-16-13(10-12)14(18)17(3)4/h6,8,10-11,15H,5,7,9H2,1-4H3. The van der Waals surface area contributed by atoms with Crippen molar-refractivity contribution in [3.63, 3.8) is 0 Å². The van der Waals surface area contributed by atoms with Gasteiger partial charge in [0.2, 0.25) is 0 Å². The Balaban J connectivity index is 2.42. The highest BCUT2D eigenvalue weighted by Gasteiger charge is 2.10. The summed E-state index contributed by atoms with van der Waals surface area (Å²) in [7, 11) is 3.41. The van der Waals surface area contributed by atoms with Crippen LogP contribution in [0.5, 0.6) is 5.75 Å². The minimum atomic E-state index is -0.119. The number of aromatic nitrogens is 1. The molecular weight excluding hydrogens is 242 g/mol. The number of amides is 1. The van der Waals surface area contributed by atoms with E-state index in [9.17, 15) is 4.79 Å². The lowest BCUT2D eigenvalue weighted by Crippen LogP contribution is -2.25. The van der Waals surface area contributed by atoms with Crippen LogP contribution in [0.4, 0.5) is 0 Å². The lowest BCUT2D eigenvalue weighted by molar-refractivity contribution is 0.0821. The summed E-state index contributed by atoms with van der Waals surface area (Å²) in [6.07, 6.45) is 2.52. The summed E-state index contributed by atoms with van der Waals surface area (Å²) >= 11 is 0. The first-order chi connectivity index (χ1) is 9.00. The first-order valence-corrected chi connectivity index (χ1v) is 6.54. The third-order valence-corrected chi connectivity index (χ3v) is 2.50. The van der Waals surface area contributed by atoms with E-state index in [1.54, 1.807) is 32.4 Å². The predicted molar refractivity (Wildman–Crippen MR) is 75.5 cm³/mol. The van der Waals surface area contributed by atoms with E-state index in [2.05, 4.69) is 24.1 Å². The average Bonchev–Trinajstić information content (AvgIpc) is 2.37. The number of pyridine rings is 1.